The van der Waals surface area contributed by atoms with Gasteiger partial charge in [-0.1, -0.05) is 0 Å². The third kappa shape index (κ3) is 4.95. The van der Waals surface area contributed by atoms with Crippen molar-refractivity contribution >= 4 is 18.3 Å². The molecule has 2 heterocycles. The van der Waals surface area contributed by atoms with Crippen LogP contribution in [-0.2, 0) is 11.3 Å². The van der Waals surface area contributed by atoms with Gasteiger partial charge >= 0.3 is 0 Å². The maximum Gasteiger partial charge on any atom is 0.255 e. The predicted molar refractivity (Wildman–Crippen MR) is 94.1 cm³/mol. The van der Waals surface area contributed by atoms with E-state index in [1.807, 2.05) is 11.9 Å². The van der Waals surface area contributed by atoms with Gasteiger partial charge in [0.05, 0.1) is 13.2 Å². The SMILES string of the molecule is COc1nc(OC2CC(F)(F)C2)c(F)cc1CNC(=O)C1CCCN1C.Cl. The van der Waals surface area contributed by atoms with Crippen LogP contribution in [0.4, 0.5) is 13.2 Å². The van der Waals surface area contributed by atoms with Gasteiger partial charge in [0.25, 0.3) is 11.8 Å². The van der Waals surface area contributed by atoms with Crippen LogP contribution in [0, 0.1) is 5.82 Å². The first-order chi connectivity index (χ1) is 12.3. The zero-order chi connectivity index (χ0) is 18.9. The predicted octanol–water partition coefficient (Wildman–Crippen LogP) is 2.54. The molecule has 3 rings (SSSR count). The number of nitrogens with one attached hydrogen (secondary N) is 1. The standard InChI is InChI=1S/C17H22F3N3O3.ClH/c1-23-5-3-4-13(23)14(24)21-9-10-6-12(18)16(22-15(10)25-2)26-11-7-17(19,20)8-11;/h6,11,13H,3-5,7-9H2,1-2H3,(H,21,24);1H. The number of likely N-dealkylation sites (N-methyl/N-ethyl adjacent to an activating group) is 1. The Morgan fingerprint density at radius 3 is 2.67 bits per heavy atom. The summed E-state index contributed by atoms with van der Waals surface area (Å²) in [6.07, 6.45) is 0.0671. The number of rotatable bonds is 6. The molecule has 2 aliphatic rings. The van der Waals surface area contributed by atoms with E-state index in [9.17, 15) is 18.0 Å². The molecule has 1 aromatic rings. The fourth-order valence-electron chi connectivity index (χ4n) is 3.27. The molecule has 1 amide bonds. The maximum atomic E-state index is 14.2. The molecule has 0 radical (unpaired) electrons. The Labute approximate surface area is 161 Å². The summed E-state index contributed by atoms with van der Waals surface area (Å²) in [5.41, 5.74) is 0.352. The van der Waals surface area contributed by atoms with Crippen molar-refractivity contribution in [3.63, 3.8) is 0 Å². The van der Waals surface area contributed by atoms with E-state index in [0.29, 0.717) is 5.56 Å². The van der Waals surface area contributed by atoms with Crippen LogP contribution in [0.1, 0.15) is 31.2 Å². The molecule has 1 aromatic heterocycles. The van der Waals surface area contributed by atoms with Crippen molar-refractivity contribution in [1.29, 1.82) is 0 Å². The maximum absolute atomic E-state index is 14.2. The summed E-state index contributed by atoms with van der Waals surface area (Å²) >= 11 is 0. The molecule has 1 N–H and O–H groups in total. The lowest BCUT2D eigenvalue weighted by Gasteiger charge is -2.34. The van der Waals surface area contributed by atoms with Crippen LogP contribution in [0.2, 0.25) is 0 Å². The van der Waals surface area contributed by atoms with Gasteiger partial charge in [-0.2, -0.15) is 4.98 Å². The largest absolute Gasteiger partial charge is 0.481 e. The molecule has 6 nitrogen and oxygen atoms in total. The Hall–Kier alpha value is -1.74. The van der Waals surface area contributed by atoms with Crippen LogP contribution in [0.25, 0.3) is 0 Å². The van der Waals surface area contributed by atoms with Gasteiger partial charge in [-0.25, -0.2) is 13.2 Å². The Morgan fingerprint density at radius 2 is 2.11 bits per heavy atom. The minimum Gasteiger partial charge on any atom is -0.481 e. The summed E-state index contributed by atoms with van der Waals surface area (Å²) < 4.78 is 50.3. The molecule has 0 spiro atoms. The lowest BCUT2D eigenvalue weighted by atomic mass is 9.91. The van der Waals surface area contributed by atoms with Gasteiger partial charge in [-0.3, -0.25) is 9.69 Å². The van der Waals surface area contributed by atoms with Gasteiger partial charge < -0.3 is 14.8 Å². The molecular formula is C17H23ClF3N3O3. The highest BCUT2D eigenvalue weighted by molar-refractivity contribution is 5.85. The third-order valence-corrected chi connectivity index (χ3v) is 4.78. The number of carbonyl (C=O) groups is 1. The number of halogens is 4. The smallest absolute Gasteiger partial charge is 0.255 e. The highest BCUT2D eigenvalue weighted by Gasteiger charge is 2.47. The van der Waals surface area contributed by atoms with Gasteiger partial charge in [0.1, 0.15) is 6.10 Å². The summed E-state index contributed by atoms with van der Waals surface area (Å²) in [6.45, 7) is 0.919. The number of nitrogens with zero attached hydrogens (tertiary/aromatic N) is 2. The number of likely N-dealkylation sites (tertiary alicyclic amines) is 1. The first kappa shape index (κ1) is 21.6. The molecule has 1 aliphatic carbocycles. The first-order valence-electron chi connectivity index (χ1n) is 8.55. The van der Waals surface area contributed by atoms with Gasteiger partial charge in [0, 0.05) is 24.9 Å². The van der Waals surface area contributed by atoms with E-state index in [2.05, 4.69) is 10.3 Å². The molecule has 0 bridgehead atoms. The number of aromatic nitrogens is 1. The monoisotopic (exact) mass is 409 g/mol. The number of hydrogen-bond donors (Lipinski definition) is 1. The molecule has 2 fully saturated rings. The quantitative estimate of drug-likeness (QED) is 0.782. The van der Waals surface area contributed by atoms with E-state index in [0.717, 1.165) is 25.5 Å². The first-order valence-corrected chi connectivity index (χ1v) is 8.55. The fraction of sp³-hybridized carbons (Fsp3) is 0.647. The van der Waals surface area contributed by atoms with Crippen LogP contribution < -0.4 is 14.8 Å². The van der Waals surface area contributed by atoms with Crippen molar-refractivity contribution in [2.24, 2.45) is 0 Å². The second kappa shape index (κ2) is 8.52. The Morgan fingerprint density at radius 1 is 1.41 bits per heavy atom. The number of hydrogen-bond acceptors (Lipinski definition) is 5. The van der Waals surface area contributed by atoms with Crippen molar-refractivity contribution in [2.45, 2.75) is 50.3 Å². The summed E-state index contributed by atoms with van der Waals surface area (Å²) in [7, 11) is 3.24. The van der Waals surface area contributed by atoms with E-state index in [1.165, 1.54) is 7.11 Å². The average Bonchev–Trinajstić information content (AvgIpc) is 2.99. The number of ether oxygens (including phenoxy) is 2. The van der Waals surface area contributed by atoms with Crippen LogP contribution in [0.15, 0.2) is 6.07 Å². The molecule has 1 atom stereocenters. The minimum atomic E-state index is -2.76. The van der Waals surface area contributed by atoms with Gasteiger partial charge in [0.15, 0.2) is 5.82 Å². The highest BCUT2D eigenvalue weighted by atomic mass is 35.5. The van der Waals surface area contributed by atoms with Crippen molar-refractivity contribution in [2.75, 3.05) is 20.7 Å². The zero-order valence-corrected chi connectivity index (χ0v) is 16.0. The van der Waals surface area contributed by atoms with Crippen LogP contribution >= 0.6 is 12.4 Å². The number of methoxy groups -OCH3 is 1. The van der Waals surface area contributed by atoms with E-state index < -0.39 is 30.7 Å². The van der Waals surface area contributed by atoms with Crippen molar-refractivity contribution in [3.8, 4) is 11.8 Å². The Balaban J connectivity index is 0.00000261. The molecule has 152 valence electrons. The Bertz CT molecular complexity index is 685. The molecule has 10 heteroatoms. The molecule has 1 saturated carbocycles. The van der Waals surface area contributed by atoms with Crippen molar-refractivity contribution in [1.82, 2.24) is 15.2 Å². The normalized spacial score (nSPS) is 21.9. The van der Waals surface area contributed by atoms with E-state index >= 15 is 0 Å². The summed E-state index contributed by atoms with van der Waals surface area (Å²) in [4.78, 5) is 18.1. The number of alkyl halides is 2. The zero-order valence-electron chi connectivity index (χ0n) is 15.1. The molecular weight excluding hydrogens is 387 g/mol. The van der Waals surface area contributed by atoms with E-state index in [1.54, 1.807) is 0 Å². The van der Waals surface area contributed by atoms with E-state index in [-0.39, 0.29) is 42.7 Å². The van der Waals surface area contributed by atoms with Gasteiger partial charge in [-0.05, 0) is 32.5 Å². The highest BCUT2D eigenvalue weighted by Crippen LogP contribution is 2.40. The summed E-state index contributed by atoms with van der Waals surface area (Å²) in [6, 6.07) is 0.957. The second-order valence-corrected chi connectivity index (χ2v) is 6.80. The molecule has 1 aliphatic heterocycles. The average molecular weight is 410 g/mol. The van der Waals surface area contributed by atoms with Crippen LogP contribution in [0.5, 0.6) is 11.8 Å². The lowest BCUT2D eigenvalue weighted by Crippen LogP contribution is -2.43. The van der Waals surface area contributed by atoms with Crippen molar-refractivity contribution in [3.05, 3.63) is 17.4 Å². The Kier molecular flexibility index (Phi) is 6.80. The molecule has 1 saturated heterocycles. The number of pyridine rings is 1. The number of carbonyl (C=O) groups excluding carboxylic acids is 1. The van der Waals surface area contributed by atoms with Gasteiger partial charge in [-0.15, -0.1) is 12.4 Å². The fourth-order valence-corrected chi connectivity index (χ4v) is 3.27. The summed E-state index contributed by atoms with van der Waals surface area (Å²) in [5, 5.41) is 2.76. The lowest BCUT2D eigenvalue weighted by molar-refractivity contribution is -0.136. The van der Waals surface area contributed by atoms with Crippen LogP contribution in [0.3, 0.4) is 0 Å². The topological polar surface area (TPSA) is 63.7 Å². The second-order valence-electron chi connectivity index (χ2n) is 6.80. The third-order valence-electron chi connectivity index (χ3n) is 4.78. The van der Waals surface area contributed by atoms with Crippen LogP contribution in [-0.4, -0.2) is 54.6 Å². The molecule has 1 unspecified atom stereocenters. The number of amides is 1. The van der Waals surface area contributed by atoms with E-state index in [4.69, 9.17) is 9.47 Å². The molecule has 27 heavy (non-hydrogen) atoms. The molecule has 0 aromatic carbocycles. The minimum absolute atomic E-state index is 0. The van der Waals surface area contributed by atoms with Gasteiger partial charge in [0.2, 0.25) is 11.8 Å². The van der Waals surface area contributed by atoms with Crippen molar-refractivity contribution < 1.29 is 27.4 Å². The summed E-state index contributed by atoms with van der Waals surface area (Å²) in [5.74, 6) is -3.95.